The van der Waals surface area contributed by atoms with Crippen LogP contribution in [0.1, 0.15) is 12.5 Å². The van der Waals surface area contributed by atoms with Crippen LogP contribution >= 0.6 is 11.8 Å². The van der Waals surface area contributed by atoms with Gasteiger partial charge in [-0.2, -0.15) is 0 Å². The van der Waals surface area contributed by atoms with Crippen molar-refractivity contribution < 1.29 is 14.1 Å². The molecular weight excluding hydrogens is 342 g/mol. The van der Waals surface area contributed by atoms with Crippen molar-refractivity contribution in [2.24, 2.45) is 0 Å². The molecule has 0 amide bonds. The molecule has 0 saturated heterocycles. The van der Waals surface area contributed by atoms with Gasteiger partial charge in [0.25, 0.3) is 10.9 Å². The summed E-state index contributed by atoms with van der Waals surface area (Å²) in [6, 6.07) is 13.8. The second-order valence-electron chi connectivity index (χ2n) is 5.04. The van der Waals surface area contributed by atoms with E-state index in [1.165, 1.54) is 23.9 Å². The molecule has 128 valence electrons. The predicted molar refractivity (Wildman–Crippen MR) is 93.6 cm³/mol. The van der Waals surface area contributed by atoms with Gasteiger partial charge in [-0.05, 0) is 36.8 Å². The number of nitro benzene ring substituents is 1. The number of rotatable bonds is 7. The zero-order valence-electron chi connectivity index (χ0n) is 13.4. The van der Waals surface area contributed by atoms with Crippen molar-refractivity contribution in [3.8, 4) is 17.2 Å². The van der Waals surface area contributed by atoms with Crippen molar-refractivity contribution in [1.29, 1.82) is 0 Å². The van der Waals surface area contributed by atoms with Gasteiger partial charge in [0.1, 0.15) is 5.75 Å². The lowest BCUT2D eigenvalue weighted by atomic mass is 10.2. The van der Waals surface area contributed by atoms with E-state index in [0.29, 0.717) is 23.5 Å². The van der Waals surface area contributed by atoms with Crippen LogP contribution in [-0.4, -0.2) is 21.7 Å². The molecule has 0 aliphatic rings. The normalized spacial score (nSPS) is 10.6. The van der Waals surface area contributed by atoms with Crippen LogP contribution in [0.4, 0.5) is 5.69 Å². The Morgan fingerprint density at radius 1 is 1.12 bits per heavy atom. The Labute approximate surface area is 148 Å². The van der Waals surface area contributed by atoms with Gasteiger partial charge in [0.15, 0.2) is 0 Å². The topological polar surface area (TPSA) is 91.3 Å². The fourth-order valence-corrected chi connectivity index (χ4v) is 2.82. The van der Waals surface area contributed by atoms with Crippen molar-refractivity contribution in [2.75, 3.05) is 6.61 Å². The molecule has 3 rings (SSSR count). The molecule has 7 nitrogen and oxygen atoms in total. The van der Waals surface area contributed by atoms with E-state index in [1.54, 1.807) is 12.1 Å². The molecule has 1 heterocycles. The summed E-state index contributed by atoms with van der Waals surface area (Å²) in [7, 11) is 0. The molecule has 0 bridgehead atoms. The first-order valence-corrected chi connectivity index (χ1v) is 8.57. The van der Waals surface area contributed by atoms with Crippen molar-refractivity contribution in [3.63, 3.8) is 0 Å². The van der Waals surface area contributed by atoms with Gasteiger partial charge in [-0.3, -0.25) is 10.1 Å². The maximum absolute atomic E-state index is 10.6. The maximum atomic E-state index is 10.6. The van der Waals surface area contributed by atoms with Crippen molar-refractivity contribution >= 4 is 17.4 Å². The Hall–Kier alpha value is -2.87. The number of thioether (sulfide) groups is 1. The number of benzene rings is 2. The predicted octanol–water partition coefficient (Wildman–Crippen LogP) is 4.34. The first-order chi connectivity index (χ1) is 12.2. The molecule has 0 spiro atoms. The van der Waals surface area contributed by atoms with E-state index in [1.807, 2.05) is 31.2 Å². The molecule has 0 aliphatic carbocycles. The van der Waals surface area contributed by atoms with E-state index in [0.717, 1.165) is 16.9 Å². The molecule has 2 aromatic carbocycles. The number of aromatic nitrogens is 2. The fourth-order valence-electron chi connectivity index (χ4n) is 2.10. The first-order valence-electron chi connectivity index (χ1n) is 7.58. The number of non-ortho nitro benzene ring substituents is 1. The summed E-state index contributed by atoms with van der Waals surface area (Å²) in [5.41, 5.74) is 1.83. The van der Waals surface area contributed by atoms with Crippen molar-refractivity contribution in [1.82, 2.24) is 10.2 Å². The lowest BCUT2D eigenvalue weighted by molar-refractivity contribution is -0.384. The number of hydrogen-bond acceptors (Lipinski definition) is 7. The summed E-state index contributed by atoms with van der Waals surface area (Å²) < 4.78 is 11.0. The van der Waals surface area contributed by atoms with Crippen LogP contribution in [0.5, 0.6) is 5.75 Å². The third-order valence-electron chi connectivity index (χ3n) is 3.33. The van der Waals surface area contributed by atoms with Crippen LogP contribution in [0, 0.1) is 10.1 Å². The zero-order valence-corrected chi connectivity index (χ0v) is 14.2. The second kappa shape index (κ2) is 7.80. The number of ether oxygens (including phenoxy) is 1. The first kappa shape index (κ1) is 17.0. The van der Waals surface area contributed by atoms with Crippen LogP contribution < -0.4 is 4.74 Å². The average molecular weight is 357 g/mol. The largest absolute Gasteiger partial charge is 0.494 e. The van der Waals surface area contributed by atoms with E-state index in [9.17, 15) is 10.1 Å². The summed E-state index contributed by atoms with van der Waals surface area (Å²) in [6.45, 7) is 2.55. The van der Waals surface area contributed by atoms with E-state index in [-0.39, 0.29) is 5.69 Å². The quantitative estimate of drug-likeness (QED) is 0.353. The van der Waals surface area contributed by atoms with E-state index >= 15 is 0 Å². The lowest BCUT2D eigenvalue weighted by Crippen LogP contribution is -1.90. The Balaban J connectivity index is 1.62. The smallest absolute Gasteiger partial charge is 0.277 e. The van der Waals surface area contributed by atoms with Crippen LogP contribution in [0.25, 0.3) is 11.5 Å². The van der Waals surface area contributed by atoms with E-state index in [2.05, 4.69) is 10.2 Å². The van der Waals surface area contributed by atoms with Crippen LogP contribution in [0.3, 0.4) is 0 Å². The minimum atomic E-state index is -0.419. The molecule has 0 atom stereocenters. The Morgan fingerprint density at radius 3 is 2.48 bits per heavy atom. The molecule has 0 saturated carbocycles. The SMILES string of the molecule is CCOc1ccc(-c2nnc(SCc3ccc([N+](=O)[O-])cc3)o2)cc1. The Morgan fingerprint density at radius 2 is 1.84 bits per heavy atom. The molecule has 0 N–H and O–H groups in total. The minimum Gasteiger partial charge on any atom is -0.494 e. The van der Waals surface area contributed by atoms with Gasteiger partial charge in [0.05, 0.1) is 11.5 Å². The highest BCUT2D eigenvalue weighted by Crippen LogP contribution is 2.27. The molecule has 0 unspecified atom stereocenters. The van der Waals surface area contributed by atoms with Gasteiger partial charge in [0.2, 0.25) is 5.89 Å². The van der Waals surface area contributed by atoms with Gasteiger partial charge in [0, 0.05) is 23.4 Å². The summed E-state index contributed by atoms with van der Waals surface area (Å²) in [5, 5.41) is 19.2. The van der Waals surface area contributed by atoms with Crippen LogP contribution in [0.2, 0.25) is 0 Å². The second-order valence-corrected chi connectivity index (χ2v) is 5.97. The molecule has 1 aromatic heterocycles. The summed E-state index contributed by atoms with van der Waals surface area (Å²) in [4.78, 5) is 10.2. The highest BCUT2D eigenvalue weighted by atomic mass is 32.2. The van der Waals surface area contributed by atoms with Gasteiger partial charge >= 0.3 is 0 Å². The standard InChI is InChI=1S/C17H15N3O4S/c1-2-23-15-9-5-13(6-10-15)16-18-19-17(24-16)25-11-12-3-7-14(8-4-12)20(21)22/h3-10H,2,11H2,1H3. The summed E-state index contributed by atoms with van der Waals surface area (Å²) in [5.74, 6) is 1.82. The van der Waals surface area contributed by atoms with E-state index < -0.39 is 4.92 Å². The van der Waals surface area contributed by atoms with Crippen molar-refractivity contribution in [3.05, 3.63) is 64.2 Å². The Bertz CT molecular complexity index is 847. The molecule has 3 aromatic rings. The molecule has 8 heteroatoms. The van der Waals surface area contributed by atoms with Crippen LogP contribution in [-0.2, 0) is 5.75 Å². The third kappa shape index (κ3) is 4.36. The fraction of sp³-hybridized carbons (Fsp3) is 0.176. The lowest BCUT2D eigenvalue weighted by Gasteiger charge is -2.02. The van der Waals surface area contributed by atoms with Crippen molar-refractivity contribution in [2.45, 2.75) is 17.9 Å². The molecule has 25 heavy (non-hydrogen) atoms. The maximum Gasteiger partial charge on any atom is 0.277 e. The number of nitro groups is 1. The molecule has 0 fully saturated rings. The van der Waals surface area contributed by atoms with Gasteiger partial charge in [-0.15, -0.1) is 10.2 Å². The monoisotopic (exact) mass is 357 g/mol. The summed E-state index contributed by atoms with van der Waals surface area (Å²) in [6.07, 6.45) is 0. The molecule has 0 radical (unpaired) electrons. The number of hydrogen-bond donors (Lipinski definition) is 0. The van der Waals surface area contributed by atoms with Crippen LogP contribution in [0.15, 0.2) is 58.2 Å². The number of nitrogens with zero attached hydrogens (tertiary/aromatic N) is 3. The highest BCUT2D eigenvalue weighted by Gasteiger charge is 2.10. The summed E-state index contributed by atoms with van der Waals surface area (Å²) >= 11 is 1.38. The molecular formula is C17H15N3O4S. The van der Waals surface area contributed by atoms with Gasteiger partial charge in [-0.25, -0.2) is 0 Å². The third-order valence-corrected chi connectivity index (χ3v) is 4.22. The van der Waals surface area contributed by atoms with Gasteiger partial charge in [-0.1, -0.05) is 23.9 Å². The average Bonchev–Trinajstić information content (AvgIpc) is 3.10. The highest BCUT2D eigenvalue weighted by molar-refractivity contribution is 7.98. The van der Waals surface area contributed by atoms with Gasteiger partial charge < -0.3 is 9.15 Å². The van der Waals surface area contributed by atoms with E-state index in [4.69, 9.17) is 9.15 Å². The zero-order chi connectivity index (χ0) is 17.6. The minimum absolute atomic E-state index is 0.0735. The molecule has 0 aliphatic heterocycles. The Kier molecular flexibility index (Phi) is 5.30.